The fourth-order valence-corrected chi connectivity index (χ4v) is 2.00. The number of anilines is 1. The largest absolute Gasteiger partial charge is 0.478 e. The number of aromatic carboxylic acids is 1. The molecular weight excluding hydrogens is 241 g/mol. The van der Waals surface area contributed by atoms with Crippen LogP contribution in [0.5, 0.6) is 0 Å². The zero-order valence-corrected chi connectivity index (χ0v) is 9.47. The van der Waals surface area contributed by atoms with Gasteiger partial charge in [0.05, 0.1) is 5.56 Å². The van der Waals surface area contributed by atoms with E-state index in [2.05, 4.69) is 0 Å². The average Bonchev–Trinajstić information content (AvgIpc) is 2.70. The predicted molar refractivity (Wildman–Crippen MR) is 60.9 cm³/mol. The van der Waals surface area contributed by atoms with Crippen LogP contribution >= 0.6 is 0 Å². The highest BCUT2D eigenvalue weighted by Crippen LogP contribution is 2.26. The molecule has 0 aromatic heterocycles. The van der Waals surface area contributed by atoms with Crippen molar-refractivity contribution >= 4 is 17.6 Å². The molecule has 2 N–H and O–H groups in total. The molecule has 0 bridgehead atoms. The summed E-state index contributed by atoms with van der Waals surface area (Å²) in [5.41, 5.74) is -0.109. The lowest BCUT2D eigenvalue weighted by molar-refractivity contribution is -0.117. The van der Waals surface area contributed by atoms with Gasteiger partial charge in [-0.05, 0) is 18.2 Å². The Balaban J connectivity index is 2.27. The van der Waals surface area contributed by atoms with Crippen molar-refractivity contribution < 1.29 is 24.2 Å². The summed E-state index contributed by atoms with van der Waals surface area (Å²) in [6.07, 6.45) is 0.221. The Morgan fingerprint density at radius 1 is 1.50 bits per heavy atom. The first-order chi connectivity index (χ1) is 8.52. The Hall–Kier alpha value is -1.95. The van der Waals surface area contributed by atoms with Crippen LogP contribution in [0.4, 0.5) is 10.1 Å². The molecule has 1 aliphatic rings. The van der Waals surface area contributed by atoms with Crippen LogP contribution in [0.25, 0.3) is 0 Å². The zero-order valence-electron chi connectivity index (χ0n) is 9.47. The predicted octanol–water partition coefficient (Wildman–Crippen LogP) is 0.869. The van der Waals surface area contributed by atoms with Crippen LogP contribution in [0.2, 0.25) is 0 Å². The van der Waals surface area contributed by atoms with Crippen LogP contribution in [0, 0.1) is 11.7 Å². The van der Waals surface area contributed by atoms with Gasteiger partial charge >= 0.3 is 5.97 Å². The summed E-state index contributed by atoms with van der Waals surface area (Å²) in [6.45, 7) is 0.221. The molecule has 1 atom stereocenters. The van der Waals surface area contributed by atoms with Gasteiger partial charge in [0.25, 0.3) is 0 Å². The molecule has 0 spiro atoms. The first-order valence-corrected chi connectivity index (χ1v) is 5.47. The van der Waals surface area contributed by atoms with Crippen LogP contribution in [0.15, 0.2) is 18.2 Å². The van der Waals surface area contributed by atoms with E-state index < -0.39 is 17.3 Å². The van der Waals surface area contributed by atoms with Gasteiger partial charge in [-0.2, -0.15) is 0 Å². The van der Waals surface area contributed by atoms with Gasteiger partial charge in [-0.25, -0.2) is 9.18 Å². The van der Waals surface area contributed by atoms with E-state index >= 15 is 0 Å². The van der Waals surface area contributed by atoms with Gasteiger partial charge in [0.15, 0.2) is 0 Å². The highest BCUT2D eigenvalue weighted by atomic mass is 19.1. The molecule has 1 aromatic rings. The number of carboxylic acid groups (broad SMARTS) is 1. The Labute approximate surface area is 102 Å². The minimum Gasteiger partial charge on any atom is -0.478 e. The second-order valence-corrected chi connectivity index (χ2v) is 4.23. The van der Waals surface area contributed by atoms with Gasteiger partial charge in [0, 0.05) is 31.2 Å². The summed E-state index contributed by atoms with van der Waals surface area (Å²) in [5, 5.41) is 17.7. The molecule has 2 rings (SSSR count). The second kappa shape index (κ2) is 4.73. The number of benzene rings is 1. The van der Waals surface area contributed by atoms with Crippen molar-refractivity contribution in [1.29, 1.82) is 0 Å². The molecule has 6 heteroatoms. The molecule has 1 amide bonds. The molecule has 18 heavy (non-hydrogen) atoms. The second-order valence-electron chi connectivity index (χ2n) is 4.23. The Morgan fingerprint density at radius 3 is 2.72 bits per heavy atom. The highest BCUT2D eigenvalue weighted by molar-refractivity contribution is 5.96. The topological polar surface area (TPSA) is 77.8 Å². The molecule has 0 saturated carbocycles. The molecule has 1 fully saturated rings. The quantitative estimate of drug-likeness (QED) is 0.837. The third kappa shape index (κ3) is 2.19. The van der Waals surface area contributed by atoms with E-state index in [1.165, 1.54) is 11.0 Å². The number of carboxylic acids is 1. The van der Waals surface area contributed by atoms with Crippen molar-refractivity contribution in [2.75, 3.05) is 18.1 Å². The number of nitrogens with zero attached hydrogens (tertiary/aromatic N) is 1. The highest BCUT2D eigenvalue weighted by Gasteiger charge is 2.30. The SMILES string of the molecule is O=C(O)c1ccc(N2CC(CO)CC2=O)cc1F. The van der Waals surface area contributed by atoms with Gasteiger partial charge in [0.2, 0.25) is 5.91 Å². The van der Waals surface area contributed by atoms with E-state index in [0.29, 0.717) is 12.2 Å². The number of halogens is 1. The normalized spacial score (nSPS) is 19.3. The lowest BCUT2D eigenvalue weighted by Crippen LogP contribution is -2.25. The van der Waals surface area contributed by atoms with Gasteiger partial charge < -0.3 is 15.1 Å². The third-order valence-electron chi connectivity index (χ3n) is 2.96. The summed E-state index contributed by atoms with van der Waals surface area (Å²) in [4.78, 5) is 23.7. The minimum absolute atomic E-state index is 0.0993. The standard InChI is InChI=1S/C12H12FNO4/c13-10-4-8(1-2-9(10)12(17)18)14-5-7(6-15)3-11(14)16/h1-2,4,7,15H,3,5-6H2,(H,17,18). The number of rotatable bonds is 3. The monoisotopic (exact) mass is 253 g/mol. The van der Waals surface area contributed by atoms with Crippen molar-refractivity contribution in [3.05, 3.63) is 29.6 Å². The Kier molecular flexibility index (Phi) is 3.29. The summed E-state index contributed by atoms with van der Waals surface area (Å²) < 4.78 is 13.5. The zero-order chi connectivity index (χ0) is 13.3. The van der Waals surface area contributed by atoms with Gasteiger partial charge in [-0.3, -0.25) is 4.79 Å². The molecular formula is C12H12FNO4. The van der Waals surface area contributed by atoms with Gasteiger partial charge in [-0.15, -0.1) is 0 Å². The van der Waals surface area contributed by atoms with E-state index in [9.17, 15) is 14.0 Å². The molecule has 1 saturated heterocycles. The van der Waals surface area contributed by atoms with E-state index in [-0.39, 0.29) is 24.9 Å². The van der Waals surface area contributed by atoms with Crippen LogP contribution in [-0.2, 0) is 4.79 Å². The molecule has 1 heterocycles. The number of hydrogen-bond acceptors (Lipinski definition) is 3. The number of aliphatic hydroxyl groups excluding tert-OH is 1. The van der Waals surface area contributed by atoms with Crippen molar-refractivity contribution in [3.8, 4) is 0 Å². The summed E-state index contributed by atoms with van der Waals surface area (Å²) in [7, 11) is 0. The fourth-order valence-electron chi connectivity index (χ4n) is 2.00. The Morgan fingerprint density at radius 2 is 2.22 bits per heavy atom. The summed E-state index contributed by atoms with van der Waals surface area (Å²) >= 11 is 0. The lowest BCUT2D eigenvalue weighted by atomic mass is 10.1. The fraction of sp³-hybridized carbons (Fsp3) is 0.333. The molecule has 5 nitrogen and oxygen atoms in total. The van der Waals surface area contributed by atoms with Gasteiger partial charge in [0.1, 0.15) is 5.82 Å². The van der Waals surface area contributed by atoms with Crippen LogP contribution in [0.1, 0.15) is 16.8 Å². The molecule has 96 valence electrons. The summed E-state index contributed by atoms with van der Waals surface area (Å²) in [6, 6.07) is 3.55. The third-order valence-corrected chi connectivity index (χ3v) is 2.96. The molecule has 1 unspecified atom stereocenters. The van der Waals surface area contributed by atoms with Crippen LogP contribution in [0.3, 0.4) is 0 Å². The molecule has 1 aliphatic heterocycles. The van der Waals surface area contributed by atoms with Crippen LogP contribution < -0.4 is 4.90 Å². The van der Waals surface area contributed by atoms with Crippen molar-refractivity contribution in [2.24, 2.45) is 5.92 Å². The number of aliphatic hydroxyl groups is 1. The molecule has 0 radical (unpaired) electrons. The smallest absolute Gasteiger partial charge is 0.338 e. The van der Waals surface area contributed by atoms with E-state index in [1.54, 1.807) is 0 Å². The first kappa shape index (κ1) is 12.5. The summed E-state index contributed by atoms with van der Waals surface area (Å²) in [5.74, 6) is -2.57. The number of carbonyl (C=O) groups excluding carboxylic acids is 1. The average molecular weight is 253 g/mol. The van der Waals surface area contributed by atoms with Crippen LogP contribution in [-0.4, -0.2) is 35.2 Å². The number of amides is 1. The van der Waals surface area contributed by atoms with E-state index in [0.717, 1.165) is 12.1 Å². The molecule has 0 aliphatic carbocycles. The lowest BCUT2D eigenvalue weighted by Gasteiger charge is -2.16. The number of carbonyl (C=O) groups is 2. The number of hydrogen-bond donors (Lipinski definition) is 2. The van der Waals surface area contributed by atoms with Crippen molar-refractivity contribution in [3.63, 3.8) is 0 Å². The van der Waals surface area contributed by atoms with Crippen molar-refractivity contribution in [2.45, 2.75) is 6.42 Å². The maximum Gasteiger partial charge on any atom is 0.338 e. The van der Waals surface area contributed by atoms with Crippen molar-refractivity contribution in [1.82, 2.24) is 0 Å². The maximum atomic E-state index is 13.5. The Bertz CT molecular complexity index is 503. The van der Waals surface area contributed by atoms with E-state index in [1.807, 2.05) is 0 Å². The molecule has 1 aromatic carbocycles. The maximum absolute atomic E-state index is 13.5. The van der Waals surface area contributed by atoms with Gasteiger partial charge in [-0.1, -0.05) is 0 Å². The minimum atomic E-state index is -1.35. The first-order valence-electron chi connectivity index (χ1n) is 5.47. The van der Waals surface area contributed by atoms with E-state index in [4.69, 9.17) is 10.2 Å².